The van der Waals surface area contributed by atoms with Crippen LogP contribution in [0.25, 0.3) is 0 Å². The summed E-state index contributed by atoms with van der Waals surface area (Å²) in [5.41, 5.74) is 0.851. The Hall–Kier alpha value is -1.72. The number of aromatic nitrogens is 2. The molecule has 288 valence electrons. The average Bonchev–Trinajstić information content (AvgIpc) is 3.77. The zero-order valence-corrected chi connectivity index (χ0v) is 34.3. The highest BCUT2D eigenvalue weighted by molar-refractivity contribution is 5.03. The van der Waals surface area contributed by atoms with Gasteiger partial charge in [-0.25, -0.2) is 0 Å². The van der Waals surface area contributed by atoms with Crippen molar-refractivity contribution in [2.75, 3.05) is 14.2 Å². The molecule has 0 aromatic carbocycles. The molecule has 0 aliphatic carbocycles. The lowest BCUT2D eigenvalue weighted by molar-refractivity contribution is -0.249. The van der Waals surface area contributed by atoms with E-state index in [4.69, 9.17) is 14.2 Å². The number of methoxy groups -OCH3 is 2. The summed E-state index contributed by atoms with van der Waals surface area (Å²) in [6.07, 6.45) is 18.7. The third-order valence-electron chi connectivity index (χ3n) is 10.6. The molecule has 4 aliphatic rings. The molecule has 4 aliphatic heterocycles. The zero-order valence-electron chi connectivity index (χ0n) is 34.3. The zero-order chi connectivity index (χ0) is 37.6. The van der Waals surface area contributed by atoms with Gasteiger partial charge in [-0.15, -0.1) is 0 Å². The topological polar surface area (TPSA) is 85.1 Å². The molecule has 0 spiro atoms. The monoisotopic (exact) mass is 702 g/mol. The summed E-state index contributed by atoms with van der Waals surface area (Å²) in [7, 11) is 3.28. The Kier molecular flexibility index (Phi) is 14.5. The minimum Gasteiger partial charge on any atom is -0.356 e. The number of ether oxygens (including phenoxy) is 3. The second-order valence-electron chi connectivity index (χ2n) is 19.0. The molecule has 9 heteroatoms. The molecule has 0 amide bonds. The van der Waals surface area contributed by atoms with E-state index in [0.29, 0.717) is 23.2 Å². The Labute approximate surface area is 305 Å². The highest BCUT2D eigenvalue weighted by Crippen LogP contribution is 2.42. The van der Waals surface area contributed by atoms with Gasteiger partial charge in [0.1, 0.15) is 0 Å². The van der Waals surface area contributed by atoms with Gasteiger partial charge >= 0.3 is 0 Å². The van der Waals surface area contributed by atoms with Crippen molar-refractivity contribution in [1.29, 1.82) is 0 Å². The molecule has 0 bridgehead atoms. The lowest BCUT2D eigenvalue weighted by Crippen LogP contribution is -2.59. The van der Waals surface area contributed by atoms with Crippen molar-refractivity contribution in [2.45, 2.75) is 199 Å². The number of hydroxylamine groups is 2. The van der Waals surface area contributed by atoms with Crippen LogP contribution in [0.3, 0.4) is 0 Å². The van der Waals surface area contributed by atoms with Crippen molar-refractivity contribution in [3.05, 3.63) is 49.1 Å². The van der Waals surface area contributed by atoms with E-state index in [1.54, 1.807) is 14.2 Å². The Morgan fingerprint density at radius 1 is 0.560 bits per heavy atom. The Balaban J connectivity index is 0.000000185. The maximum atomic E-state index is 10.2. The lowest BCUT2D eigenvalue weighted by atomic mass is 9.79. The predicted molar refractivity (Wildman–Crippen MR) is 206 cm³/mol. The van der Waals surface area contributed by atoms with Crippen LogP contribution in [0.4, 0.5) is 0 Å². The molecule has 2 aromatic heterocycles. The highest BCUT2D eigenvalue weighted by atomic mass is 16.8. The summed E-state index contributed by atoms with van der Waals surface area (Å²) >= 11 is 0. The third kappa shape index (κ3) is 13.0. The molecule has 4 fully saturated rings. The van der Waals surface area contributed by atoms with Gasteiger partial charge in [0.25, 0.3) is 0 Å². The third-order valence-corrected chi connectivity index (χ3v) is 10.6. The molecule has 3 N–H and O–H groups in total. The van der Waals surface area contributed by atoms with Gasteiger partial charge in [-0.3, -0.25) is 0 Å². The maximum Gasteiger partial charge on any atom is 0.160 e. The van der Waals surface area contributed by atoms with Gasteiger partial charge in [-0.05, 0) is 152 Å². The summed E-state index contributed by atoms with van der Waals surface area (Å²) in [6.45, 7) is 26.7. The number of nitrogens with zero attached hydrogens (tertiary/aromatic N) is 3. The van der Waals surface area contributed by atoms with Crippen LogP contribution in [-0.2, 0) is 14.2 Å². The summed E-state index contributed by atoms with van der Waals surface area (Å²) in [5.74, 6) is 0. The van der Waals surface area contributed by atoms with Crippen LogP contribution < -0.4 is 10.6 Å². The van der Waals surface area contributed by atoms with Crippen LogP contribution in [0.15, 0.2) is 49.1 Å². The first kappa shape index (κ1) is 42.7. The van der Waals surface area contributed by atoms with Crippen molar-refractivity contribution in [3.8, 4) is 0 Å². The maximum absolute atomic E-state index is 10.2. The molecule has 2 atom stereocenters. The van der Waals surface area contributed by atoms with Crippen LogP contribution in [0, 0.1) is 0 Å². The first-order valence-electron chi connectivity index (χ1n) is 19.0. The Morgan fingerprint density at radius 2 is 0.900 bits per heavy atom. The molecule has 50 heavy (non-hydrogen) atoms. The molecule has 6 rings (SSSR count). The van der Waals surface area contributed by atoms with Crippen LogP contribution >= 0.6 is 0 Å². The van der Waals surface area contributed by atoms with Crippen LogP contribution in [0.1, 0.15) is 153 Å². The van der Waals surface area contributed by atoms with E-state index in [9.17, 15) is 5.21 Å². The lowest BCUT2D eigenvalue weighted by Gasteiger charge is -2.51. The second-order valence-corrected chi connectivity index (χ2v) is 19.0. The molecular formula is C41H75N5O4. The van der Waals surface area contributed by atoms with Crippen LogP contribution in [0.5, 0.6) is 0 Å². The van der Waals surface area contributed by atoms with Crippen molar-refractivity contribution >= 4 is 0 Å². The van der Waals surface area contributed by atoms with E-state index in [2.05, 4.69) is 152 Å². The summed E-state index contributed by atoms with van der Waals surface area (Å²) in [5, 5.41) is 19.1. The van der Waals surface area contributed by atoms with Gasteiger partial charge in [-0.2, -0.15) is 5.06 Å². The van der Waals surface area contributed by atoms with Crippen LogP contribution in [0.2, 0.25) is 0 Å². The molecule has 4 saturated heterocycles. The fraction of sp³-hybridized carbons (Fsp3) is 0.805. The molecule has 0 saturated carbocycles. The van der Waals surface area contributed by atoms with E-state index in [1.165, 1.54) is 37.2 Å². The highest BCUT2D eigenvalue weighted by Gasteiger charge is 2.45. The molecule has 2 unspecified atom stereocenters. The SMILES string of the molecule is CC1(C)CC(n2cccc2)CC(C)(C)N1.CC1(C)CC(n2cccc2)CC(C)(C)N1O.CC1(C)CCCC(C)(C)N1.COC1CCC(OC)O1. The van der Waals surface area contributed by atoms with Crippen molar-refractivity contribution in [2.24, 2.45) is 0 Å². The normalized spacial score (nSPS) is 28.2. The first-order chi connectivity index (χ1) is 23.0. The van der Waals surface area contributed by atoms with Crippen molar-refractivity contribution in [3.63, 3.8) is 0 Å². The van der Waals surface area contributed by atoms with Gasteiger partial charge in [0, 0.05) is 97.2 Å². The molecule has 6 heterocycles. The van der Waals surface area contributed by atoms with Gasteiger partial charge in [0.05, 0.1) is 0 Å². The van der Waals surface area contributed by atoms with E-state index in [-0.39, 0.29) is 34.7 Å². The van der Waals surface area contributed by atoms with Gasteiger partial charge in [0.2, 0.25) is 0 Å². The number of rotatable bonds is 4. The van der Waals surface area contributed by atoms with Gasteiger partial charge in [-0.1, -0.05) is 0 Å². The largest absolute Gasteiger partial charge is 0.356 e. The quantitative estimate of drug-likeness (QED) is 0.293. The molecular weight excluding hydrogens is 626 g/mol. The molecule has 9 nitrogen and oxygen atoms in total. The summed E-state index contributed by atoms with van der Waals surface area (Å²) < 4.78 is 19.7. The van der Waals surface area contributed by atoms with E-state index < -0.39 is 0 Å². The van der Waals surface area contributed by atoms with Gasteiger partial charge in [0.15, 0.2) is 12.6 Å². The standard InChI is InChI=1S/C13H22N2O.C13H22N2.C9H19N.C6H12O3/c1-12(2)9-11(14-7-5-6-8-14)10-13(3,4)15(12)16;1-12(2)9-11(10-13(3,4)14-12)15-7-5-6-8-15;1-8(2)6-5-7-9(3,4)10-8;1-7-5-3-4-6(8-2)9-5/h5-8,11,16H,9-10H2,1-4H3;5-8,11,14H,9-10H2,1-4H3;10H,5-7H2,1-4H3;5-6H,3-4H2,1-2H3. The summed E-state index contributed by atoms with van der Waals surface area (Å²) in [4.78, 5) is 0. The Bertz CT molecular complexity index is 1190. The Morgan fingerprint density at radius 3 is 1.20 bits per heavy atom. The number of hydrogen-bond acceptors (Lipinski definition) is 7. The minimum absolute atomic E-state index is 0.0463. The smallest absolute Gasteiger partial charge is 0.160 e. The van der Waals surface area contributed by atoms with Gasteiger partial charge < -0.3 is 39.2 Å². The van der Waals surface area contributed by atoms with Crippen LogP contribution in [-0.4, -0.2) is 79.4 Å². The van der Waals surface area contributed by atoms with E-state index in [0.717, 1.165) is 25.7 Å². The van der Waals surface area contributed by atoms with E-state index >= 15 is 0 Å². The number of nitrogens with one attached hydrogen (secondary N) is 2. The van der Waals surface area contributed by atoms with Crippen molar-refractivity contribution in [1.82, 2.24) is 24.8 Å². The number of piperidine rings is 3. The molecule has 0 radical (unpaired) electrons. The fourth-order valence-corrected chi connectivity index (χ4v) is 9.03. The summed E-state index contributed by atoms with van der Waals surface area (Å²) in [6, 6.07) is 9.45. The minimum atomic E-state index is -0.170. The number of hydrogen-bond donors (Lipinski definition) is 3. The van der Waals surface area contributed by atoms with E-state index in [1.807, 2.05) is 0 Å². The predicted octanol–water partition coefficient (Wildman–Crippen LogP) is 9.10. The average molecular weight is 702 g/mol. The molecule has 2 aromatic rings. The first-order valence-corrected chi connectivity index (χ1v) is 19.0. The second kappa shape index (κ2) is 17.0. The van der Waals surface area contributed by atoms with Crippen molar-refractivity contribution < 1.29 is 19.4 Å². The fourth-order valence-electron chi connectivity index (χ4n) is 9.03.